The Hall–Kier alpha value is -3.62. The molecule has 0 spiro atoms. The first-order chi connectivity index (χ1) is 16.5. The Kier molecular flexibility index (Phi) is 7.30. The summed E-state index contributed by atoms with van der Waals surface area (Å²) in [5.74, 6) is 2.97. The van der Waals surface area contributed by atoms with Gasteiger partial charge < -0.3 is 19.7 Å². The van der Waals surface area contributed by atoms with Gasteiger partial charge in [-0.15, -0.1) is 10.2 Å². The van der Waals surface area contributed by atoms with Gasteiger partial charge in [-0.25, -0.2) is 4.68 Å². The van der Waals surface area contributed by atoms with Crippen molar-refractivity contribution in [1.29, 1.82) is 0 Å². The monoisotopic (exact) mass is 464 g/mol. The van der Waals surface area contributed by atoms with E-state index in [2.05, 4.69) is 25.5 Å². The fourth-order valence-corrected chi connectivity index (χ4v) is 4.32. The Bertz CT molecular complexity index is 1140. The van der Waals surface area contributed by atoms with Crippen LogP contribution < -0.4 is 19.7 Å². The molecule has 0 radical (unpaired) electrons. The highest BCUT2D eigenvalue weighted by molar-refractivity contribution is 5.76. The molecule has 0 unspecified atom stereocenters. The number of carbonyl (C=O) groups excluding carboxylic acids is 1. The average Bonchev–Trinajstić information content (AvgIpc) is 3.50. The molecule has 34 heavy (non-hydrogen) atoms. The highest BCUT2D eigenvalue weighted by Crippen LogP contribution is 2.25. The third-order valence-corrected chi connectivity index (χ3v) is 6.30. The standard InChI is InChI=1S/C25H32N6O3/c1-17-21(9-12-25(32)26-16-19-7-8-20(33-3)15-22(19)34-4)18(2)31(29-17)24-11-10-23(27-28-24)30-13-5-6-14-30/h7-8,10-11,15H,5-6,9,12-14,16H2,1-4H3,(H,26,32). The summed E-state index contributed by atoms with van der Waals surface area (Å²) in [6.45, 7) is 6.43. The summed E-state index contributed by atoms with van der Waals surface area (Å²) in [6.07, 6.45) is 3.37. The lowest BCUT2D eigenvalue weighted by atomic mass is 10.1. The van der Waals surface area contributed by atoms with E-state index < -0.39 is 0 Å². The number of aryl methyl sites for hydroxylation is 1. The van der Waals surface area contributed by atoms with Crippen LogP contribution in [0.5, 0.6) is 11.5 Å². The third kappa shape index (κ3) is 5.13. The van der Waals surface area contributed by atoms with E-state index in [1.54, 1.807) is 14.2 Å². The van der Waals surface area contributed by atoms with Gasteiger partial charge in [-0.1, -0.05) is 0 Å². The van der Waals surface area contributed by atoms with Crippen molar-refractivity contribution in [2.75, 3.05) is 32.2 Å². The van der Waals surface area contributed by atoms with Crippen LogP contribution in [-0.4, -0.2) is 53.2 Å². The molecule has 1 aliphatic heterocycles. The largest absolute Gasteiger partial charge is 0.497 e. The fraction of sp³-hybridized carbons (Fsp3) is 0.440. The first-order valence-electron chi connectivity index (χ1n) is 11.6. The Morgan fingerprint density at radius 3 is 2.44 bits per heavy atom. The molecule has 3 aromatic rings. The molecule has 1 N–H and O–H groups in total. The molecule has 0 bridgehead atoms. The van der Waals surface area contributed by atoms with E-state index in [1.807, 2.05) is 48.9 Å². The number of amides is 1. The number of benzene rings is 1. The normalized spacial score (nSPS) is 13.2. The summed E-state index contributed by atoms with van der Waals surface area (Å²) in [5, 5.41) is 16.4. The topological polar surface area (TPSA) is 94.4 Å². The van der Waals surface area contributed by atoms with Crippen LogP contribution in [0.15, 0.2) is 30.3 Å². The predicted octanol–water partition coefficient (Wildman–Crippen LogP) is 3.15. The number of hydrogen-bond donors (Lipinski definition) is 1. The number of anilines is 1. The Morgan fingerprint density at radius 1 is 1.03 bits per heavy atom. The first kappa shape index (κ1) is 23.5. The van der Waals surface area contributed by atoms with E-state index in [0.29, 0.717) is 36.7 Å². The second-order valence-corrected chi connectivity index (χ2v) is 8.46. The molecule has 4 rings (SSSR count). The smallest absolute Gasteiger partial charge is 0.220 e. The van der Waals surface area contributed by atoms with E-state index in [1.165, 1.54) is 12.8 Å². The van der Waals surface area contributed by atoms with Crippen LogP contribution in [0.25, 0.3) is 5.82 Å². The summed E-state index contributed by atoms with van der Waals surface area (Å²) >= 11 is 0. The van der Waals surface area contributed by atoms with Crippen LogP contribution in [0.3, 0.4) is 0 Å². The summed E-state index contributed by atoms with van der Waals surface area (Å²) < 4.78 is 12.4. The molecule has 0 aliphatic carbocycles. The summed E-state index contributed by atoms with van der Waals surface area (Å²) in [5.41, 5.74) is 3.83. The minimum atomic E-state index is -0.0285. The lowest BCUT2D eigenvalue weighted by molar-refractivity contribution is -0.121. The second kappa shape index (κ2) is 10.5. The van der Waals surface area contributed by atoms with E-state index in [9.17, 15) is 4.79 Å². The zero-order valence-corrected chi connectivity index (χ0v) is 20.3. The molecule has 1 amide bonds. The number of hydrogen-bond acceptors (Lipinski definition) is 7. The zero-order chi connectivity index (χ0) is 24.1. The van der Waals surface area contributed by atoms with Crippen molar-refractivity contribution in [2.45, 2.75) is 46.1 Å². The number of methoxy groups -OCH3 is 2. The van der Waals surface area contributed by atoms with Crippen LogP contribution in [0.4, 0.5) is 5.82 Å². The van der Waals surface area contributed by atoms with E-state index in [4.69, 9.17) is 9.47 Å². The van der Waals surface area contributed by atoms with E-state index in [-0.39, 0.29) is 5.91 Å². The van der Waals surface area contributed by atoms with Gasteiger partial charge in [-0.3, -0.25) is 4.79 Å². The number of ether oxygens (including phenoxy) is 2. The molecule has 1 aliphatic rings. The molecule has 0 saturated carbocycles. The number of carbonyl (C=O) groups is 1. The van der Waals surface area contributed by atoms with Crippen molar-refractivity contribution in [1.82, 2.24) is 25.3 Å². The van der Waals surface area contributed by atoms with Crippen molar-refractivity contribution < 1.29 is 14.3 Å². The van der Waals surface area contributed by atoms with Crippen LogP contribution in [0.2, 0.25) is 0 Å². The molecule has 180 valence electrons. The first-order valence-corrected chi connectivity index (χ1v) is 11.6. The molecule has 9 heteroatoms. The minimum absolute atomic E-state index is 0.0285. The highest BCUT2D eigenvalue weighted by Gasteiger charge is 2.17. The maximum absolute atomic E-state index is 12.5. The van der Waals surface area contributed by atoms with Gasteiger partial charge >= 0.3 is 0 Å². The lowest BCUT2D eigenvalue weighted by Crippen LogP contribution is -2.23. The second-order valence-electron chi connectivity index (χ2n) is 8.46. The fourth-order valence-electron chi connectivity index (χ4n) is 4.32. The Labute approximate surface area is 200 Å². The SMILES string of the molecule is COc1ccc(CNC(=O)CCc2c(C)nn(-c3ccc(N4CCCC4)nn3)c2C)c(OC)c1. The molecular formula is C25H32N6O3. The molecule has 2 aromatic heterocycles. The average molecular weight is 465 g/mol. The van der Waals surface area contributed by atoms with Gasteiger partial charge in [0.25, 0.3) is 0 Å². The summed E-state index contributed by atoms with van der Waals surface area (Å²) in [7, 11) is 3.21. The number of aromatic nitrogens is 4. The molecule has 1 fully saturated rings. The molecule has 1 aromatic carbocycles. The Morgan fingerprint density at radius 2 is 1.76 bits per heavy atom. The van der Waals surface area contributed by atoms with Crippen molar-refractivity contribution in [2.24, 2.45) is 0 Å². The molecule has 0 atom stereocenters. The van der Waals surface area contributed by atoms with Gasteiger partial charge in [-0.2, -0.15) is 5.10 Å². The Balaban J connectivity index is 1.37. The van der Waals surface area contributed by atoms with Gasteiger partial charge in [0.15, 0.2) is 11.6 Å². The van der Waals surface area contributed by atoms with Crippen LogP contribution in [-0.2, 0) is 17.8 Å². The predicted molar refractivity (Wildman–Crippen MR) is 130 cm³/mol. The van der Waals surface area contributed by atoms with Crippen molar-refractivity contribution in [3.05, 3.63) is 52.8 Å². The third-order valence-electron chi connectivity index (χ3n) is 6.30. The maximum Gasteiger partial charge on any atom is 0.220 e. The highest BCUT2D eigenvalue weighted by atomic mass is 16.5. The van der Waals surface area contributed by atoms with Gasteiger partial charge in [0, 0.05) is 43.4 Å². The zero-order valence-electron chi connectivity index (χ0n) is 20.3. The summed E-state index contributed by atoms with van der Waals surface area (Å²) in [6, 6.07) is 9.52. The number of nitrogens with zero attached hydrogens (tertiary/aromatic N) is 5. The number of rotatable bonds is 9. The molecule has 3 heterocycles. The van der Waals surface area contributed by atoms with Gasteiger partial charge in [0.05, 0.1) is 19.9 Å². The molecule has 1 saturated heterocycles. The van der Waals surface area contributed by atoms with Crippen LogP contribution in [0.1, 0.15) is 41.8 Å². The minimum Gasteiger partial charge on any atom is -0.497 e. The quantitative estimate of drug-likeness (QED) is 0.520. The van der Waals surface area contributed by atoms with Gasteiger partial charge in [-0.05, 0) is 62.9 Å². The van der Waals surface area contributed by atoms with Crippen LogP contribution in [0, 0.1) is 13.8 Å². The summed E-state index contributed by atoms with van der Waals surface area (Å²) in [4.78, 5) is 14.8. The molecular weight excluding hydrogens is 432 g/mol. The van der Waals surface area contributed by atoms with Crippen molar-refractivity contribution in [3.8, 4) is 17.3 Å². The number of nitrogens with one attached hydrogen (secondary N) is 1. The van der Waals surface area contributed by atoms with E-state index in [0.717, 1.165) is 41.4 Å². The lowest BCUT2D eigenvalue weighted by Gasteiger charge is -2.15. The molecule has 9 nitrogen and oxygen atoms in total. The van der Waals surface area contributed by atoms with Gasteiger partial charge in [0.2, 0.25) is 5.91 Å². The van der Waals surface area contributed by atoms with Crippen molar-refractivity contribution >= 4 is 11.7 Å². The van der Waals surface area contributed by atoms with Crippen LogP contribution >= 0.6 is 0 Å². The maximum atomic E-state index is 12.5. The van der Waals surface area contributed by atoms with Crippen molar-refractivity contribution in [3.63, 3.8) is 0 Å². The van der Waals surface area contributed by atoms with E-state index >= 15 is 0 Å². The van der Waals surface area contributed by atoms with Gasteiger partial charge in [0.1, 0.15) is 11.5 Å².